The maximum absolute atomic E-state index is 12.7. The van der Waals surface area contributed by atoms with E-state index in [2.05, 4.69) is 15.2 Å². The first-order valence-corrected chi connectivity index (χ1v) is 8.98. The number of carbonyl (C=O) groups is 1. The lowest BCUT2D eigenvalue weighted by Gasteiger charge is -2.17. The molecule has 1 saturated heterocycles. The quantitative estimate of drug-likeness (QED) is 0.696. The number of amides is 1. The second kappa shape index (κ2) is 7.57. The van der Waals surface area contributed by atoms with E-state index in [0.717, 1.165) is 24.2 Å². The molecule has 4 rings (SSSR count). The normalized spacial score (nSPS) is 16.5. The van der Waals surface area contributed by atoms with Crippen LogP contribution < -0.4 is 4.74 Å². The molecule has 1 aromatic carbocycles. The molecule has 3 aromatic rings. The Labute approximate surface area is 157 Å². The van der Waals surface area contributed by atoms with E-state index in [1.165, 1.54) is 0 Å². The molecule has 0 aliphatic carbocycles. The van der Waals surface area contributed by atoms with Crippen LogP contribution in [0, 0.1) is 6.92 Å². The summed E-state index contributed by atoms with van der Waals surface area (Å²) in [5.74, 6) is 0.536. The zero-order valence-corrected chi connectivity index (χ0v) is 15.2. The predicted octanol–water partition coefficient (Wildman–Crippen LogP) is 2.32. The Bertz CT molecular complexity index is 891. The van der Waals surface area contributed by atoms with Gasteiger partial charge in [0, 0.05) is 43.5 Å². The van der Waals surface area contributed by atoms with Gasteiger partial charge in [-0.05, 0) is 30.7 Å². The SMILES string of the molecule is Cc1ccc(OC2CCN(C(=O)c3ccc(Cn4ccnc4)cc3)C2)nn1. The minimum absolute atomic E-state index is 0.0327. The van der Waals surface area contributed by atoms with Crippen molar-refractivity contribution in [2.75, 3.05) is 13.1 Å². The van der Waals surface area contributed by atoms with Crippen LogP contribution in [0.4, 0.5) is 0 Å². The van der Waals surface area contributed by atoms with Crippen LogP contribution in [0.5, 0.6) is 5.88 Å². The summed E-state index contributed by atoms with van der Waals surface area (Å²) in [4.78, 5) is 18.6. The van der Waals surface area contributed by atoms with E-state index in [-0.39, 0.29) is 12.0 Å². The Morgan fingerprint density at radius 3 is 2.74 bits per heavy atom. The lowest BCUT2D eigenvalue weighted by atomic mass is 10.1. The molecule has 7 heteroatoms. The molecule has 1 aliphatic heterocycles. The smallest absolute Gasteiger partial charge is 0.253 e. The van der Waals surface area contributed by atoms with Gasteiger partial charge < -0.3 is 14.2 Å². The molecule has 1 atom stereocenters. The van der Waals surface area contributed by atoms with Gasteiger partial charge in [-0.2, -0.15) is 5.10 Å². The van der Waals surface area contributed by atoms with Gasteiger partial charge in [0.1, 0.15) is 6.10 Å². The Morgan fingerprint density at radius 2 is 2.04 bits per heavy atom. The second-order valence-electron chi connectivity index (χ2n) is 6.72. The molecular formula is C20H21N5O2. The van der Waals surface area contributed by atoms with Crippen LogP contribution >= 0.6 is 0 Å². The van der Waals surface area contributed by atoms with E-state index in [1.54, 1.807) is 12.5 Å². The van der Waals surface area contributed by atoms with Crippen molar-refractivity contribution in [2.24, 2.45) is 0 Å². The number of nitrogens with zero attached hydrogens (tertiary/aromatic N) is 5. The summed E-state index contributed by atoms with van der Waals surface area (Å²) in [5.41, 5.74) is 2.67. The molecule has 0 radical (unpaired) electrons. The summed E-state index contributed by atoms with van der Waals surface area (Å²) in [6, 6.07) is 11.4. The highest BCUT2D eigenvalue weighted by molar-refractivity contribution is 5.94. The molecule has 0 spiro atoms. The average molecular weight is 363 g/mol. The minimum atomic E-state index is -0.0496. The number of aromatic nitrogens is 4. The summed E-state index contributed by atoms with van der Waals surface area (Å²) in [5, 5.41) is 8.02. The highest BCUT2D eigenvalue weighted by Crippen LogP contribution is 2.19. The van der Waals surface area contributed by atoms with Crippen molar-refractivity contribution in [2.45, 2.75) is 26.0 Å². The molecule has 0 N–H and O–H groups in total. The molecule has 1 unspecified atom stereocenters. The van der Waals surface area contributed by atoms with Crippen LogP contribution in [0.15, 0.2) is 55.1 Å². The largest absolute Gasteiger partial charge is 0.471 e. The average Bonchev–Trinajstić information content (AvgIpc) is 3.36. The van der Waals surface area contributed by atoms with Crippen molar-refractivity contribution in [1.29, 1.82) is 0 Å². The van der Waals surface area contributed by atoms with Gasteiger partial charge in [0.05, 0.1) is 18.6 Å². The third-order valence-corrected chi connectivity index (χ3v) is 4.62. The summed E-state index contributed by atoms with van der Waals surface area (Å²) >= 11 is 0. The fourth-order valence-electron chi connectivity index (χ4n) is 3.16. The number of benzene rings is 1. The first kappa shape index (κ1) is 17.2. The van der Waals surface area contributed by atoms with Gasteiger partial charge in [0.15, 0.2) is 0 Å². The molecule has 1 aliphatic rings. The highest BCUT2D eigenvalue weighted by atomic mass is 16.5. The molecule has 138 valence electrons. The van der Waals surface area contributed by atoms with Gasteiger partial charge in [0.2, 0.25) is 5.88 Å². The van der Waals surface area contributed by atoms with Gasteiger partial charge >= 0.3 is 0 Å². The van der Waals surface area contributed by atoms with Gasteiger partial charge in [-0.25, -0.2) is 4.98 Å². The van der Waals surface area contributed by atoms with Crippen LogP contribution in [-0.2, 0) is 6.54 Å². The Morgan fingerprint density at radius 1 is 1.19 bits per heavy atom. The minimum Gasteiger partial charge on any atom is -0.471 e. The first-order chi connectivity index (χ1) is 13.2. The zero-order valence-electron chi connectivity index (χ0n) is 15.2. The molecular weight excluding hydrogens is 342 g/mol. The number of hydrogen-bond donors (Lipinski definition) is 0. The van der Waals surface area contributed by atoms with Crippen LogP contribution in [0.1, 0.15) is 28.0 Å². The lowest BCUT2D eigenvalue weighted by molar-refractivity contribution is 0.0771. The van der Waals surface area contributed by atoms with Gasteiger partial charge in [-0.15, -0.1) is 5.10 Å². The topological polar surface area (TPSA) is 73.1 Å². The van der Waals surface area contributed by atoms with Crippen LogP contribution in [0.3, 0.4) is 0 Å². The van der Waals surface area contributed by atoms with Crippen molar-refractivity contribution in [3.63, 3.8) is 0 Å². The van der Waals surface area contributed by atoms with E-state index in [4.69, 9.17) is 4.74 Å². The summed E-state index contributed by atoms with van der Waals surface area (Å²) in [6.45, 7) is 3.86. The number of imidazole rings is 1. The molecule has 2 aromatic heterocycles. The van der Waals surface area contributed by atoms with Crippen molar-refractivity contribution < 1.29 is 9.53 Å². The molecule has 3 heterocycles. The second-order valence-corrected chi connectivity index (χ2v) is 6.72. The molecule has 0 saturated carbocycles. The predicted molar refractivity (Wildman–Crippen MR) is 99.5 cm³/mol. The number of likely N-dealkylation sites (tertiary alicyclic amines) is 1. The van der Waals surface area contributed by atoms with Crippen molar-refractivity contribution in [3.8, 4) is 5.88 Å². The number of carbonyl (C=O) groups excluding carboxylic acids is 1. The van der Waals surface area contributed by atoms with Crippen molar-refractivity contribution >= 4 is 5.91 Å². The maximum Gasteiger partial charge on any atom is 0.253 e. The fourth-order valence-corrected chi connectivity index (χ4v) is 3.16. The zero-order chi connectivity index (χ0) is 18.6. The molecule has 1 amide bonds. The number of rotatable bonds is 5. The summed E-state index contributed by atoms with van der Waals surface area (Å²) < 4.78 is 7.84. The van der Waals surface area contributed by atoms with E-state index >= 15 is 0 Å². The summed E-state index contributed by atoms with van der Waals surface area (Å²) in [6.07, 6.45) is 6.20. The number of hydrogen-bond acceptors (Lipinski definition) is 5. The maximum atomic E-state index is 12.7. The van der Waals surface area contributed by atoms with Crippen molar-refractivity contribution in [3.05, 3.63) is 71.9 Å². The van der Waals surface area contributed by atoms with E-state index in [9.17, 15) is 4.79 Å². The first-order valence-electron chi connectivity index (χ1n) is 8.98. The Balaban J connectivity index is 1.34. The van der Waals surface area contributed by atoms with Crippen LogP contribution in [0.25, 0.3) is 0 Å². The lowest BCUT2D eigenvalue weighted by Crippen LogP contribution is -2.31. The summed E-state index contributed by atoms with van der Waals surface area (Å²) in [7, 11) is 0. The van der Waals surface area contributed by atoms with E-state index < -0.39 is 0 Å². The monoisotopic (exact) mass is 363 g/mol. The van der Waals surface area contributed by atoms with Crippen molar-refractivity contribution in [1.82, 2.24) is 24.6 Å². The molecule has 0 bridgehead atoms. The molecule has 7 nitrogen and oxygen atoms in total. The van der Waals surface area contributed by atoms with Crippen LogP contribution in [0.2, 0.25) is 0 Å². The van der Waals surface area contributed by atoms with Gasteiger partial charge in [-0.1, -0.05) is 12.1 Å². The molecule has 1 fully saturated rings. The standard InChI is InChI=1S/C20H21N5O2/c1-15-2-7-19(23-22-15)27-18-8-10-25(13-18)20(26)17-5-3-16(4-6-17)12-24-11-9-21-14-24/h2-7,9,11,14,18H,8,10,12-13H2,1H3. The molecule has 27 heavy (non-hydrogen) atoms. The van der Waals surface area contributed by atoms with E-state index in [0.29, 0.717) is 24.5 Å². The fraction of sp³-hybridized carbons (Fsp3) is 0.300. The number of ether oxygens (including phenoxy) is 1. The highest BCUT2D eigenvalue weighted by Gasteiger charge is 2.28. The Kier molecular flexibility index (Phi) is 4.82. The number of aryl methyl sites for hydroxylation is 1. The van der Waals surface area contributed by atoms with Crippen LogP contribution in [-0.4, -0.2) is 49.7 Å². The van der Waals surface area contributed by atoms with E-state index in [1.807, 2.05) is 59.0 Å². The third kappa shape index (κ3) is 4.13. The van der Waals surface area contributed by atoms with Gasteiger partial charge in [0.25, 0.3) is 5.91 Å². The Hall–Kier alpha value is -3.22. The van der Waals surface area contributed by atoms with Gasteiger partial charge in [-0.3, -0.25) is 4.79 Å². The third-order valence-electron chi connectivity index (χ3n) is 4.62.